The third-order valence-corrected chi connectivity index (χ3v) is 5.95. The summed E-state index contributed by atoms with van der Waals surface area (Å²) in [5.74, 6) is 2.33. The number of carbonyl (C=O) groups excluding carboxylic acids is 2. The monoisotopic (exact) mass is 397 g/mol. The number of amides is 2. The minimum absolute atomic E-state index is 0. The van der Waals surface area contributed by atoms with Crippen LogP contribution < -0.4 is 16.0 Å². The second-order valence-corrected chi connectivity index (χ2v) is 8.03. The Balaban J connectivity index is 0.00000243. The van der Waals surface area contributed by atoms with Crippen LogP contribution >= 0.6 is 24.2 Å². The van der Waals surface area contributed by atoms with E-state index in [2.05, 4.69) is 16.0 Å². The van der Waals surface area contributed by atoms with Crippen LogP contribution in [0.25, 0.3) is 0 Å². The van der Waals surface area contributed by atoms with Gasteiger partial charge in [-0.25, -0.2) is 0 Å². The SMILES string of the molecule is Cl.O=C(CC1CSCCN1)Nc1cccc(NC(=O)C2CCCCC2)c1. The zero-order valence-corrected chi connectivity index (χ0v) is 16.6. The highest BCUT2D eigenvalue weighted by Gasteiger charge is 2.21. The molecule has 2 fully saturated rings. The minimum Gasteiger partial charge on any atom is -0.326 e. The number of carbonyl (C=O) groups is 2. The number of halogens is 1. The van der Waals surface area contributed by atoms with E-state index < -0.39 is 0 Å². The van der Waals surface area contributed by atoms with Crippen molar-refractivity contribution in [3.63, 3.8) is 0 Å². The third kappa shape index (κ3) is 6.49. The number of benzene rings is 1. The molecule has 26 heavy (non-hydrogen) atoms. The maximum atomic E-state index is 12.4. The molecule has 2 amide bonds. The molecule has 1 aromatic rings. The molecule has 3 N–H and O–H groups in total. The first kappa shape index (κ1) is 21.1. The molecular formula is C19H28ClN3O2S. The first-order valence-electron chi connectivity index (χ1n) is 9.22. The van der Waals surface area contributed by atoms with Crippen LogP contribution in [0.4, 0.5) is 11.4 Å². The molecule has 0 aromatic heterocycles. The van der Waals surface area contributed by atoms with Gasteiger partial charge in [-0.3, -0.25) is 9.59 Å². The van der Waals surface area contributed by atoms with Crippen LogP contribution in [0.3, 0.4) is 0 Å². The van der Waals surface area contributed by atoms with Gasteiger partial charge in [0.25, 0.3) is 0 Å². The van der Waals surface area contributed by atoms with Crippen LogP contribution in [-0.2, 0) is 9.59 Å². The van der Waals surface area contributed by atoms with Gasteiger partial charge in [0.15, 0.2) is 0 Å². The standard InChI is InChI=1S/C19H27N3O2S.ClH/c23-18(12-17-13-25-10-9-20-17)21-15-7-4-8-16(11-15)22-19(24)14-5-2-1-3-6-14;/h4,7-8,11,14,17,20H,1-3,5-6,9-10,12-13H2,(H,21,23)(H,22,24);1H. The van der Waals surface area contributed by atoms with Crippen molar-refractivity contribution in [2.24, 2.45) is 5.92 Å². The maximum Gasteiger partial charge on any atom is 0.227 e. The molecule has 0 radical (unpaired) electrons. The Morgan fingerprint density at radius 1 is 1.12 bits per heavy atom. The maximum absolute atomic E-state index is 12.4. The molecule has 1 atom stereocenters. The van der Waals surface area contributed by atoms with E-state index in [9.17, 15) is 9.59 Å². The summed E-state index contributed by atoms with van der Waals surface area (Å²) in [7, 11) is 0. The number of anilines is 2. The van der Waals surface area contributed by atoms with Gasteiger partial charge in [-0.15, -0.1) is 12.4 Å². The van der Waals surface area contributed by atoms with E-state index in [0.29, 0.717) is 6.42 Å². The number of rotatable bonds is 5. The largest absolute Gasteiger partial charge is 0.326 e. The fraction of sp³-hybridized carbons (Fsp3) is 0.579. The molecule has 3 rings (SSSR count). The van der Waals surface area contributed by atoms with Crippen molar-refractivity contribution in [2.45, 2.75) is 44.6 Å². The Morgan fingerprint density at radius 2 is 1.85 bits per heavy atom. The summed E-state index contributed by atoms with van der Waals surface area (Å²) in [4.78, 5) is 24.6. The highest BCUT2D eigenvalue weighted by molar-refractivity contribution is 7.99. The van der Waals surface area contributed by atoms with Crippen LogP contribution in [0.2, 0.25) is 0 Å². The first-order chi connectivity index (χ1) is 12.2. The predicted molar refractivity (Wildman–Crippen MR) is 111 cm³/mol. The van der Waals surface area contributed by atoms with Gasteiger partial charge in [-0.05, 0) is 31.0 Å². The Hall–Kier alpha value is -1.24. The molecule has 7 heteroatoms. The summed E-state index contributed by atoms with van der Waals surface area (Å²) >= 11 is 1.88. The molecule has 1 aliphatic carbocycles. The van der Waals surface area contributed by atoms with Gasteiger partial charge < -0.3 is 16.0 Å². The lowest BCUT2D eigenvalue weighted by molar-refractivity contribution is -0.120. The van der Waals surface area contributed by atoms with Gasteiger partial charge in [0.2, 0.25) is 11.8 Å². The fourth-order valence-electron chi connectivity index (χ4n) is 3.47. The molecule has 144 valence electrons. The molecule has 1 unspecified atom stereocenters. The van der Waals surface area contributed by atoms with E-state index in [1.54, 1.807) is 0 Å². The first-order valence-corrected chi connectivity index (χ1v) is 10.4. The van der Waals surface area contributed by atoms with Crippen LogP contribution in [0, 0.1) is 5.92 Å². The number of hydrogen-bond donors (Lipinski definition) is 3. The smallest absolute Gasteiger partial charge is 0.227 e. The average Bonchev–Trinajstić information content (AvgIpc) is 2.63. The molecule has 1 saturated carbocycles. The molecule has 0 bridgehead atoms. The number of thioether (sulfide) groups is 1. The van der Waals surface area contributed by atoms with E-state index in [0.717, 1.165) is 55.1 Å². The summed E-state index contributed by atoms with van der Waals surface area (Å²) in [5.41, 5.74) is 1.48. The van der Waals surface area contributed by atoms with Gasteiger partial charge in [-0.2, -0.15) is 11.8 Å². The fourth-order valence-corrected chi connectivity index (χ4v) is 4.42. The summed E-state index contributed by atoms with van der Waals surface area (Å²) in [5, 5.41) is 9.31. The van der Waals surface area contributed by atoms with Gasteiger partial charge in [0.05, 0.1) is 0 Å². The van der Waals surface area contributed by atoms with Crippen molar-refractivity contribution >= 4 is 47.4 Å². The number of nitrogens with one attached hydrogen (secondary N) is 3. The van der Waals surface area contributed by atoms with E-state index in [1.807, 2.05) is 36.0 Å². The molecule has 5 nitrogen and oxygen atoms in total. The highest BCUT2D eigenvalue weighted by Crippen LogP contribution is 2.25. The Labute approximate surface area is 165 Å². The Kier molecular flexibility index (Phi) is 8.75. The Bertz CT molecular complexity index is 602. The van der Waals surface area contributed by atoms with Crippen LogP contribution in [0.5, 0.6) is 0 Å². The van der Waals surface area contributed by atoms with Gasteiger partial charge >= 0.3 is 0 Å². The van der Waals surface area contributed by atoms with Crippen molar-refractivity contribution in [3.05, 3.63) is 24.3 Å². The zero-order valence-electron chi connectivity index (χ0n) is 15.0. The third-order valence-electron chi connectivity index (χ3n) is 4.82. The second-order valence-electron chi connectivity index (χ2n) is 6.88. The van der Waals surface area contributed by atoms with Crippen LogP contribution in [0.15, 0.2) is 24.3 Å². The summed E-state index contributed by atoms with van der Waals surface area (Å²) in [6, 6.07) is 7.67. The normalized spacial score (nSPS) is 20.7. The van der Waals surface area contributed by atoms with Crippen LogP contribution in [-0.4, -0.2) is 35.9 Å². The van der Waals surface area contributed by atoms with Crippen molar-refractivity contribution in [1.29, 1.82) is 0 Å². The van der Waals surface area contributed by atoms with Crippen molar-refractivity contribution < 1.29 is 9.59 Å². The quantitative estimate of drug-likeness (QED) is 0.709. The van der Waals surface area contributed by atoms with E-state index in [4.69, 9.17) is 0 Å². The molecule has 1 aliphatic heterocycles. The average molecular weight is 398 g/mol. The van der Waals surface area contributed by atoms with Crippen molar-refractivity contribution in [2.75, 3.05) is 28.7 Å². The summed E-state index contributed by atoms with van der Waals surface area (Å²) in [6.45, 7) is 0.964. The number of hydrogen-bond acceptors (Lipinski definition) is 4. The zero-order chi connectivity index (χ0) is 17.5. The second kappa shape index (κ2) is 10.8. The van der Waals surface area contributed by atoms with Gasteiger partial charge in [-0.1, -0.05) is 25.3 Å². The lowest BCUT2D eigenvalue weighted by Gasteiger charge is -2.22. The van der Waals surface area contributed by atoms with Crippen LogP contribution in [0.1, 0.15) is 38.5 Å². The highest BCUT2D eigenvalue weighted by atomic mass is 35.5. The minimum atomic E-state index is 0. The lowest BCUT2D eigenvalue weighted by atomic mass is 9.88. The topological polar surface area (TPSA) is 70.2 Å². The van der Waals surface area contributed by atoms with E-state index in [1.165, 1.54) is 6.42 Å². The molecule has 2 aliphatic rings. The summed E-state index contributed by atoms with van der Waals surface area (Å²) in [6.07, 6.45) is 5.96. The Morgan fingerprint density at radius 3 is 2.54 bits per heavy atom. The molecular weight excluding hydrogens is 370 g/mol. The molecule has 0 spiro atoms. The predicted octanol–water partition coefficient (Wildman–Crippen LogP) is 3.66. The molecule has 1 aromatic carbocycles. The van der Waals surface area contributed by atoms with Crippen molar-refractivity contribution in [1.82, 2.24) is 5.32 Å². The molecule has 1 saturated heterocycles. The van der Waals surface area contributed by atoms with Gasteiger partial charge in [0.1, 0.15) is 0 Å². The van der Waals surface area contributed by atoms with E-state index >= 15 is 0 Å². The summed E-state index contributed by atoms with van der Waals surface area (Å²) < 4.78 is 0. The van der Waals surface area contributed by atoms with Gasteiger partial charge in [0, 0.05) is 47.8 Å². The van der Waals surface area contributed by atoms with E-state index in [-0.39, 0.29) is 36.2 Å². The molecule has 1 heterocycles. The van der Waals surface area contributed by atoms with Crippen molar-refractivity contribution in [3.8, 4) is 0 Å². The lowest BCUT2D eigenvalue weighted by Crippen LogP contribution is -2.39.